The van der Waals surface area contributed by atoms with E-state index in [1.54, 1.807) is 37.4 Å². The standard InChI is InChI=1S/C9H12O2.C7H8O2/c1-3-7-4-5-8(10)9(6-7)11-2;1-9-7-5-3-2-4-6(7)8/h4-6,10H,3H2,1-2H3;2-5,8H,1H3. The molecule has 4 nitrogen and oxygen atoms in total. The number of phenols is 2. The van der Waals surface area contributed by atoms with Crippen molar-refractivity contribution < 1.29 is 19.7 Å². The molecule has 2 N–H and O–H groups in total. The number of aromatic hydroxyl groups is 2. The Balaban J connectivity index is 0.000000204. The van der Waals surface area contributed by atoms with Crippen LogP contribution in [0.4, 0.5) is 0 Å². The molecule has 0 saturated heterocycles. The van der Waals surface area contributed by atoms with E-state index in [2.05, 4.69) is 6.92 Å². The van der Waals surface area contributed by atoms with Gasteiger partial charge in [-0.1, -0.05) is 25.1 Å². The van der Waals surface area contributed by atoms with Gasteiger partial charge in [-0.05, 0) is 36.2 Å². The van der Waals surface area contributed by atoms with Gasteiger partial charge in [0.15, 0.2) is 23.0 Å². The lowest BCUT2D eigenvalue weighted by atomic mass is 10.1. The van der Waals surface area contributed by atoms with Crippen molar-refractivity contribution in [3.05, 3.63) is 48.0 Å². The molecule has 0 fully saturated rings. The highest BCUT2D eigenvalue weighted by Gasteiger charge is 1.99. The molecule has 0 spiro atoms. The van der Waals surface area contributed by atoms with Crippen molar-refractivity contribution in [2.24, 2.45) is 0 Å². The molecule has 0 bridgehead atoms. The molecule has 0 radical (unpaired) electrons. The van der Waals surface area contributed by atoms with Gasteiger partial charge in [-0.2, -0.15) is 0 Å². The number of rotatable bonds is 3. The second-order valence-electron chi connectivity index (χ2n) is 4.03. The first kappa shape index (κ1) is 15.7. The molecule has 0 heterocycles. The summed E-state index contributed by atoms with van der Waals surface area (Å²) >= 11 is 0. The summed E-state index contributed by atoms with van der Waals surface area (Å²) in [6.07, 6.45) is 0.955. The van der Waals surface area contributed by atoms with Crippen molar-refractivity contribution in [2.75, 3.05) is 14.2 Å². The van der Waals surface area contributed by atoms with E-state index in [1.165, 1.54) is 12.7 Å². The molecule has 0 unspecified atom stereocenters. The Bertz CT molecular complexity index is 538. The summed E-state index contributed by atoms with van der Waals surface area (Å²) < 4.78 is 9.73. The van der Waals surface area contributed by atoms with E-state index >= 15 is 0 Å². The second kappa shape index (κ2) is 7.94. The maximum absolute atomic E-state index is 9.21. The third-order valence-electron chi connectivity index (χ3n) is 2.74. The zero-order chi connectivity index (χ0) is 15.0. The average molecular weight is 276 g/mol. The molecule has 0 aliphatic heterocycles. The molecular formula is C16H20O4. The maximum atomic E-state index is 9.21. The number of phenolic OH excluding ortho intramolecular Hbond substituents is 2. The number of benzene rings is 2. The number of hydrogen-bond donors (Lipinski definition) is 2. The lowest BCUT2D eigenvalue weighted by Crippen LogP contribution is -1.86. The van der Waals surface area contributed by atoms with Crippen LogP contribution in [0.3, 0.4) is 0 Å². The predicted molar refractivity (Wildman–Crippen MR) is 78.7 cm³/mol. The minimum absolute atomic E-state index is 0.181. The number of methoxy groups -OCH3 is 2. The Kier molecular flexibility index (Phi) is 6.23. The second-order valence-corrected chi connectivity index (χ2v) is 4.03. The lowest BCUT2D eigenvalue weighted by molar-refractivity contribution is 0.373. The molecule has 0 amide bonds. The molecule has 0 saturated carbocycles. The van der Waals surface area contributed by atoms with Gasteiger partial charge in [0.25, 0.3) is 0 Å². The monoisotopic (exact) mass is 276 g/mol. The molecular weight excluding hydrogens is 256 g/mol. The summed E-state index contributed by atoms with van der Waals surface area (Å²) in [5, 5.41) is 18.2. The number of aryl methyl sites for hydroxylation is 1. The van der Waals surface area contributed by atoms with Crippen LogP contribution in [0.2, 0.25) is 0 Å². The van der Waals surface area contributed by atoms with Crippen LogP contribution in [0.1, 0.15) is 12.5 Å². The Labute approximate surface area is 119 Å². The minimum atomic E-state index is 0.181. The van der Waals surface area contributed by atoms with Crippen LogP contribution in [-0.2, 0) is 6.42 Å². The third kappa shape index (κ3) is 4.39. The average Bonchev–Trinajstić information content (AvgIpc) is 2.49. The summed E-state index contributed by atoms with van der Waals surface area (Å²) in [5.41, 5.74) is 1.17. The number of hydrogen-bond acceptors (Lipinski definition) is 4. The lowest BCUT2D eigenvalue weighted by Gasteiger charge is -2.03. The van der Waals surface area contributed by atoms with Crippen LogP contribution in [0.15, 0.2) is 42.5 Å². The van der Waals surface area contributed by atoms with E-state index in [9.17, 15) is 5.11 Å². The van der Waals surface area contributed by atoms with E-state index in [0.717, 1.165) is 6.42 Å². The third-order valence-corrected chi connectivity index (χ3v) is 2.74. The van der Waals surface area contributed by atoms with Gasteiger partial charge in [-0.15, -0.1) is 0 Å². The van der Waals surface area contributed by atoms with Gasteiger partial charge in [0.1, 0.15) is 0 Å². The zero-order valence-corrected chi connectivity index (χ0v) is 12.0. The van der Waals surface area contributed by atoms with Crippen LogP contribution in [0.25, 0.3) is 0 Å². The molecule has 0 aromatic heterocycles. The van der Waals surface area contributed by atoms with Gasteiger partial charge >= 0.3 is 0 Å². The first-order valence-corrected chi connectivity index (χ1v) is 6.30. The predicted octanol–water partition coefficient (Wildman–Crippen LogP) is 3.36. The van der Waals surface area contributed by atoms with Gasteiger partial charge in [-0.25, -0.2) is 0 Å². The smallest absolute Gasteiger partial charge is 0.160 e. The van der Waals surface area contributed by atoms with E-state index in [1.807, 2.05) is 12.1 Å². The van der Waals surface area contributed by atoms with Crippen molar-refractivity contribution in [1.29, 1.82) is 0 Å². The molecule has 2 aromatic carbocycles. The summed E-state index contributed by atoms with van der Waals surface area (Å²) in [6.45, 7) is 2.06. The van der Waals surface area contributed by atoms with E-state index in [0.29, 0.717) is 11.5 Å². The van der Waals surface area contributed by atoms with Gasteiger partial charge in [0.2, 0.25) is 0 Å². The van der Waals surface area contributed by atoms with Crippen LogP contribution in [-0.4, -0.2) is 24.4 Å². The summed E-state index contributed by atoms with van der Waals surface area (Å²) in [7, 11) is 3.07. The van der Waals surface area contributed by atoms with Crippen LogP contribution in [0, 0.1) is 0 Å². The Hall–Kier alpha value is -2.36. The number of para-hydroxylation sites is 2. The topological polar surface area (TPSA) is 58.9 Å². The summed E-state index contributed by atoms with van der Waals surface area (Å²) in [4.78, 5) is 0. The van der Waals surface area contributed by atoms with Crippen molar-refractivity contribution in [3.8, 4) is 23.0 Å². The van der Waals surface area contributed by atoms with Crippen molar-refractivity contribution >= 4 is 0 Å². The molecule has 0 atom stereocenters. The maximum Gasteiger partial charge on any atom is 0.160 e. The van der Waals surface area contributed by atoms with Crippen LogP contribution < -0.4 is 9.47 Å². The molecule has 2 rings (SSSR count). The van der Waals surface area contributed by atoms with Crippen molar-refractivity contribution in [1.82, 2.24) is 0 Å². The summed E-state index contributed by atoms with van der Waals surface area (Å²) in [6, 6.07) is 12.2. The van der Waals surface area contributed by atoms with E-state index in [-0.39, 0.29) is 11.5 Å². The highest BCUT2D eigenvalue weighted by Crippen LogP contribution is 2.26. The van der Waals surface area contributed by atoms with E-state index < -0.39 is 0 Å². The Morgan fingerprint density at radius 1 is 0.850 bits per heavy atom. The molecule has 108 valence electrons. The van der Waals surface area contributed by atoms with Crippen LogP contribution >= 0.6 is 0 Å². The Morgan fingerprint density at radius 2 is 1.45 bits per heavy atom. The fourth-order valence-corrected chi connectivity index (χ4v) is 1.57. The molecule has 2 aromatic rings. The van der Waals surface area contributed by atoms with Gasteiger partial charge in [-0.3, -0.25) is 0 Å². The highest BCUT2D eigenvalue weighted by atomic mass is 16.5. The van der Waals surface area contributed by atoms with Gasteiger partial charge < -0.3 is 19.7 Å². The van der Waals surface area contributed by atoms with Crippen molar-refractivity contribution in [3.63, 3.8) is 0 Å². The molecule has 0 aliphatic carbocycles. The minimum Gasteiger partial charge on any atom is -0.504 e. The van der Waals surface area contributed by atoms with Gasteiger partial charge in [0.05, 0.1) is 14.2 Å². The summed E-state index contributed by atoms with van der Waals surface area (Å²) in [5.74, 6) is 1.44. The first-order chi connectivity index (χ1) is 9.62. The Morgan fingerprint density at radius 3 is 1.95 bits per heavy atom. The normalized spacial score (nSPS) is 9.35. The van der Waals surface area contributed by atoms with E-state index in [4.69, 9.17) is 14.6 Å². The highest BCUT2D eigenvalue weighted by molar-refractivity contribution is 5.41. The fourth-order valence-electron chi connectivity index (χ4n) is 1.57. The van der Waals surface area contributed by atoms with Crippen molar-refractivity contribution in [2.45, 2.75) is 13.3 Å². The molecule has 4 heteroatoms. The number of ether oxygens (including phenoxy) is 2. The molecule has 0 aliphatic rings. The largest absolute Gasteiger partial charge is 0.504 e. The van der Waals surface area contributed by atoms with Crippen LogP contribution in [0.5, 0.6) is 23.0 Å². The quantitative estimate of drug-likeness (QED) is 0.902. The SMILES string of the molecule is CCc1ccc(O)c(OC)c1.COc1ccccc1O. The molecule has 20 heavy (non-hydrogen) atoms. The fraction of sp³-hybridized carbons (Fsp3) is 0.250. The zero-order valence-electron chi connectivity index (χ0n) is 12.0. The first-order valence-electron chi connectivity index (χ1n) is 6.30. The van der Waals surface area contributed by atoms with Gasteiger partial charge in [0, 0.05) is 0 Å².